The lowest BCUT2D eigenvalue weighted by Crippen LogP contribution is -2.22. The highest BCUT2D eigenvalue weighted by atomic mass is 79.9. The molecule has 3 aromatic rings. The van der Waals surface area contributed by atoms with Crippen molar-refractivity contribution in [2.24, 2.45) is 7.05 Å². The number of carboxylic acid groups (broad SMARTS) is 1. The fourth-order valence-electron chi connectivity index (χ4n) is 2.83. The lowest BCUT2D eigenvalue weighted by atomic mass is 10.1. The Bertz CT molecular complexity index is 1160. The Labute approximate surface area is 175 Å². The number of hydrogen-bond donors (Lipinski definition) is 2. The first kappa shape index (κ1) is 20.3. The number of halogens is 1. The minimum atomic E-state index is -1.34. The summed E-state index contributed by atoms with van der Waals surface area (Å²) >= 11 is 3.28. The third kappa shape index (κ3) is 4.22. The van der Waals surface area contributed by atoms with Gasteiger partial charge < -0.3 is 10.4 Å². The fraction of sp³-hybridized carbons (Fsp3) is 0.0952. The van der Waals surface area contributed by atoms with Gasteiger partial charge in [-0.05, 0) is 43.3 Å². The number of anilines is 1. The van der Waals surface area contributed by atoms with Gasteiger partial charge in [0.1, 0.15) is 11.4 Å². The van der Waals surface area contributed by atoms with E-state index in [9.17, 15) is 19.5 Å². The lowest BCUT2D eigenvalue weighted by molar-refractivity contribution is -0.132. The predicted molar refractivity (Wildman–Crippen MR) is 114 cm³/mol. The maximum Gasteiger partial charge on any atom is 0.352 e. The van der Waals surface area contributed by atoms with Crippen LogP contribution in [0.1, 0.15) is 16.1 Å². The molecule has 0 saturated carbocycles. The molecule has 0 amide bonds. The van der Waals surface area contributed by atoms with Crippen molar-refractivity contribution in [1.29, 1.82) is 0 Å². The Balaban J connectivity index is 2.00. The van der Waals surface area contributed by atoms with Crippen LogP contribution in [-0.2, 0) is 11.8 Å². The topological polar surface area (TPSA) is 93.3 Å². The van der Waals surface area contributed by atoms with Crippen molar-refractivity contribution in [3.05, 3.63) is 92.5 Å². The molecule has 0 saturated heterocycles. The number of nitrogens with zero attached hydrogens (tertiary/aromatic N) is 2. The van der Waals surface area contributed by atoms with Crippen LogP contribution < -0.4 is 10.9 Å². The van der Waals surface area contributed by atoms with Gasteiger partial charge in [-0.15, -0.1) is 0 Å². The molecular formula is C21H18BrN3O4. The van der Waals surface area contributed by atoms with Gasteiger partial charge in [-0.2, -0.15) is 0 Å². The number of carbonyl (C=O) groups excluding carboxylic acids is 1. The average molecular weight is 456 g/mol. The van der Waals surface area contributed by atoms with Crippen molar-refractivity contribution in [3.8, 4) is 5.69 Å². The van der Waals surface area contributed by atoms with Gasteiger partial charge in [0.2, 0.25) is 0 Å². The van der Waals surface area contributed by atoms with E-state index in [2.05, 4.69) is 21.2 Å². The predicted octanol–water partition coefficient (Wildman–Crippen LogP) is 3.51. The first-order valence-corrected chi connectivity index (χ1v) is 9.45. The van der Waals surface area contributed by atoms with Crippen LogP contribution >= 0.6 is 15.9 Å². The van der Waals surface area contributed by atoms with E-state index in [1.165, 1.54) is 4.68 Å². The summed E-state index contributed by atoms with van der Waals surface area (Å²) in [7, 11) is 1.70. The monoisotopic (exact) mass is 455 g/mol. The first-order valence-electron chi connectivity index (χ1n) is 8.65. The van der Waals surface area contributed by atoms with Crippen molar-refractivity contribution >= 4 is 33.4 Å². The van der Waals surface area contributed by atoms with E-state index in [0.717, 1.165) is 10.5 Å². The zero-order valence-corrected chi connectivity index (χ0v) is 17.3. The summed E-state index contributed by atoms with van der Waals surface area (Å²) in [5, 5.41) is 12.2. The van der Waals surface area contributed by atoms with Crippen LogP contribution in [0.2, 0.25) is 0 Å². The molecule has 1 heterocycles. The third-order valence-electron chi connectivity index (χ3n) is 4.45. The molecule has 3 rings (SSSR count). The highest BCUT2D eigenvalue weighted by molar-refractivity contribution is 9.10. The Morgan fingerprint density at radius 3 is 2.28 bits per heavy atom. The summed E-state index contributed by atoms with van der Waals surface area (Å²) in [6.07, 6.45) is 0.976. The molecule has 0 aliphatic carbocycles. The van der Waals surface area contributed by atoms with Crippen LogP contribution in [0.25, 0.3) is 5.69 Å². The first-order chi connectivity index (χ1) is 13.8. The minimum Gasteiger partial charge on any atom is -0.477 e. The summed E-state index contributed by atoms with van der Waals surface area (Å²) in [5.41, 5.74) is 0.794. The average Bonchev–Trinajstić information content (AvgIpc) is 2.91. The largest absolute Gasteiger partial charge is 0.477 e. The molecule has 0 radical (unpaired) electrons. The summed E-state index contributed by atoms with van der Waals surface area (Å²) < 4.78 is 3.85. The van der Waals surface area contributed by atoms with Gasteiger partial charge in [0.15, 0.2) is 5.78 Å². The third-order valence-corrected chi connectivity index (χ3v) is 4.98. The number of ketones is 1. The Hall–Kier alpha value is -3.39. The number of rotatable bonds is 6. The Morgan fingerprint density at radius 2 is 1.69 bits per heavy atom. The summed E-state index contributed by atoms with van der Waals surface area (Å²) in [5.74, 6) is -1.83. The molecule has 0 bridgehead atoms. The van der Waals surface area contributed by atoms with E-state index in [1.54, 1.807) is 67.2 Å². The van der Waals surface area contributed by atoms with Crippen LogP contribution in [0.15, 0.2) is 75.6 Å². The summed E-state index contributed by atoms with van der Waals surface area (Å²) in [6.45, 7) is 1.69. The smallest absolute Gasteiger partial charge is 0.352 e. The van der Waals surface area contributed by atoms with Gasteiger partial charge in [-0.3, -0.25) is 14.3 Å². The number of aliphatic carboxylic acids is 1. The van der Waals surface area contributed by atoms with Crippen molar-refractivity contribution in [3.63, 3.8) is 0 Å². The second-order valence-corrected chi connectivity index (χ2v) is 7.21. The highest BCUT2D eigenvalue weighted by Crippen LogP contribution is 2.17. The fourth-order valence-corrected chi connectivity index (χ4v) is 3.09. The van der Waals surface area contributed by atoms with Crippen LogP contribution in [0.3, 0.4) is 0 Å². The maximum absolute atomic E-state index is 12.9. The molecule has 2 aromatic carbocycles. The SMILES string of the molecule is Cc1c(N/C(=C/C(=O)c2ccc(Br)cc2)C(=O)O)c(=O)n(-c2ccccc2)n1C. The normalized spacial score (nSPS) is 11.3. The Kier molecular flexibility index (Phi) is 5.84. The van der Waals surface area contributed by atoms with Crippen LogP contribution in [0.5, 0.6) is 0 Å². The Morgan fingerprint density at radius 1 is 1.07 bits per heavy atom. The lowest BCUT2D eigenvalue weighted by Gasteiger charge is -2.07. The van der Waals surface area contributed by atoms with Crippen molar-refractivity contribution < 1.29 is 14.7 Å². The number of carboxylic acids is 1. The molecule has 7 nitrogen and oxygen atoms in total. The second-order valence-electron chi connectivity index (χ2n) is 6.30. The molecule has 0 spiro atoms. The van der Waals surface area contributed by atoms with E-state index < -0.39 is 17.3 Å². The maximum atomic E-state index is 12.9. The number of benzene rings is 2. The minimum absolute atomic E-state index is 0.0913. The van der Waals surface area contributed by atoms with Crippen molar-refractivity contribution in [1.82, 2.24) is 9.36 Å². The van der Waals surface area contributed by atoms with E-state index in [0.29, 0.717) is 16.9 Å². The molecule has 148 valence electrons. The zero-order chi connectivity index (χ0) is 21.1. The molecule has 1 aromatic heterocycles. The number of hydrogen-bond acceptors (Lipinski definition) is 4. The second kappa shape index (κ2) is 8.32. The molecule has 0 fully saturated rings. The van der Waals surface area contributed by atoms with Crippen molar-refractivity contribution in [2.45, 2.75) is 6.92 Å². The molecule has 0 unspecified atom stereocenters. The van der Waals surface area contributed by atoms with Crippen LogP contribution in [0, 0.1) is 6.92 Å². The number of carbonyl (C=O) groups is 2. The standard InChI is InChI=1S/C21H18BrN3O4/c1-13-19(20(27)25(24(13)2)16-6-4-3-5-7-16)23-17(21(28)29)12-18(26)14-8-10-15(22)11-9-14/h3-12,23H,1-2H3,(H,28,29)/b17-12+. The van der Waals surface area contributed by atoms with Crippen LogP contribution in [-0.4, -0.2) is 26.2 Å². The molecule has 8 heteroatoms. The number of para-hydroxylation sites is 1. The van der Waals surface area contributed by atoms with Gasteiger partial charge in [0.25, 0.3) is 5.56 Å². The van der Waals surface area contributed by atoms with Crippen molar-refractivity contribution in [2.75, 3.05) is 5.32 Å². The molecule has 0 atom stereocenters. The molecule has 29 heavy (non-hydrogen) atoms. The van der Waals surface area contributed by atoms with Gasteiger partial charge >= 0.3 is 5.97 Å². The summed E-state index contributed by atoms with van der Waals surface area (Å²) in [4.78, 5) is 37.1. The molecule has 0 aliphatic rings. The quantitative estimate of drug-likeness (QED) is 0.438. The zero-order valence-electron chi connectivity index (χ0n) is 15.7. The summed E-state index contributed by atoms with van der Waals surface area (Å²) in [6, 6.07) is 15.5. The number of allylic oxidation sites excluding steroid dienone is 1. The molecule has 0 aliphatic heterocycles. The van der Waals surface area contributed by atoms with Gasteiger partial charge in [-0.1, -0.05) is 34.1 Å². The molecular weight excluding hydrogens is 438 g/mol. The van der Waals surface area contributed by atoms with E-state index in [1.807, 2.05) is 6.07 Å². The number of aromatic nitrogens is 2. The van der Waals surface area contributed by atoms with Gasteiger partial charge in [0, 0.05) is 23.2 Å². The highest BCUT2D eigenvalue weighted by Gasteiger charge is 2.20. The molecule has 2 N–H and O–H groups in total. The van der Waals surface area contributed by atoms with E-state index >= 15 is 0 Å². The van der Waals surface area contributed by atoms with Crippen LogP contribution in [0.4, 0.5) is 5.69 Å². The van der Waals surface area contributed by atoms with Gasteiger partial charge in [-0.25, -0.2) is 9.48 Å². The van der Waals surface area contributed by atoms with E-state index in [4.69, 9.17) is 0 Å². The van der Waals surface area contributed by atoms with Gasteiger partial charge in [0.05, 0.1) is 11.4 Å². The number of nitrogens with one attached hydrogen (secondary N) is 1. The van der Waals surface area contributed by atoms with E-state index in [-0.39, 0.29) is 11.4 Å².